The number of ether oxygens (including phenoxy) is 2. The summed E-state index contributed by atoms with van der Waals surface area (Å²) in [5, 5.41) is 0. The Morgan fingerprint density at radius 2 is 1.08 bits per heavy atom. The summed E-state index contributed by atoms with van der Waals surface area (Å²) in [6, 6.07) is 6.19. The van der Waals surface area contributed by atoms with Crippen LogP contribution in [-0.4, -0.2) is 35.1 Å². The molecule has 0 spiro atoms. The van der Waals surface area contributed by atoms with Gasteiger partial charge in [0.2, 0.25) is 0 Å². The maximum atomic E-state index is 11.6. The molecule has 0 saturated heterocycles. The van der Waals surface area contributed by atoms with Crippen molar-refractivity contribution in [2.24, 2.45) is 0 Å². The number of carbonyl (C=O) groups excluding carboxylic acids is 2. The highest BCUT2D eigenvalue weighted by Crippen LogP contribution is 1.99. The van der Waals surface area contributed by atoms with Gasteiger partial charge in [0.05, 0.1) is 11.1 Å². The van der Waals surface area contributed by atoms with Crippen LogP contribution in [0, 0.1) is 35.5 Å². The molecule has 0 radical (unpaired) electrons. The van der Waals surface area contributed by atoms with E-state index in [-0.39, 0.29) is 13.2 Å². The van der Waals surface area contributed by atoms with Gasteiger partial charge in [-0.1, -0.05) is 0 Å². The van der Waals surface area contributed by atoms with E-state index < -0.39 is 11.9 Å². The van der Waals surface area contributed by atoms with Crippen LogP contribution in [0.1, 0.15) is 20.7 Å². The average molecular weight is 344 g/mol. The minimum absolute atomic E-state index is 0.0766. The predicted molar refractivity (Wildman–Crippen MR) is 92.4 cm³/mol. The van der Waals surface area contributed by atoms with Crippen molar-refractivity contribution in [1.82, 2.24) is 9.97 Å². The molecule has 2 aromatic rings. The van der Waals surface area contributed by atoms with E-state index in [1.165, 1.54) is 24.8 Å². The molecule has 0 unspecified atom stereocenters. The van der Waals surface area contributed by atoms with Crippen molar-refractivity contribution in [3.05, 3.63) is 60.2 Å². The smallest absolute Gasteiger partial charge is 0.339 e. The van der Waals surface area contributed by atoms with Gasteiger partial charge in [0, 0.05) is 24.8 Å². The Morgan fingerprint density at radius 3 is 1.46 bits per heavy atom. The fraction of sp³-hybridized carbons (Fsp3) is 0.100. The zero-order valence-electron chi connectivity index (χ0n) is 13.6. The molecular weight excluding hydrogens is 332 g/mol. The molecule has 0 aliphatic rings. The van der Waals surface area contributed by atoms with Crippen LogP contribution in [0.25, 0.3) is 0 Å². The Morgan fingerprint density at radius 1 is 0.692 bits per heavy atom. The summed E-state index contributed by atoms with van der Waals surface area (Å²) < 4.78 is 9.87. The molecule has 0 bridgehead atoms. The average Bonchev–Trinajstić information content (AvgIpc) is 2.70. The van der Waals surface area contributed by atoms with Crippen molar-refractivity contribution in [3.8, 4) is 35.5 Å². The second kappa shape index (κ2) is 10.6. The molecule has 126 valence electrons. The van der Waals surface area contributed by atoms with Crippen LogP contribution in [-0.2, 0) is 9.47 Å². The number of nitrogens with zero attached hydrogens (tertiary/aromatic N) is 2. The van der Waals surface area contributed by atoms with E-state index in [9.17, 15) is 9.59 Å². The molecule has 0 saturated carbocycles. The lowest BCUT2D eigenvalue weighted by Gasteiger charge is -1.98. The van der Waals surface area contributed by atoms with Gasteiger partial charge in [0.25, 0.3) is 0 Å². The van der Waals surface area contributed by atoms with E-state index >= 15 is 0 Å². The van der Waals surface area contributed by atoms with Gasteiger partial charge in [-0.15, -0.1) is 0 Å². The second-order valence-electron chi connectivity index (χ2n) is 4.48. The Hall–Kier alpha value is -4.08. The number of hydrogen-bond donors (Lipinski definition) is 0. The number of carbonyl (C=O) groups is 2. The summed E-state index contributed by atoms with van der Waals surface area (Å²) in [5.74, 6) is 14.2. The van der Waals surface area contributed by atoms with E-state index in [0.717, 1.165) is 0 Å². The number of hydrogen-bond acceptors (Lipinski definition) is 6. The molecule has 0 fully saturated rings. The SMILES string of the molecule is O=C(OCC#CC#CC#CCOC(=O)c1ccncc1)c1ccncc1. The third-order valence-corrected chi connectivity index (χ3v) is 2.75. The maximum absolute atomic E-state index is 11.6. The van der Waals surface area contributed by atoms with Crippen LogP contribution in [0.3, 0.4) is 0 Å². The number of esters is 2. The second-order valence-corrected chi connectivity index (χ2v) is 4.48. The van der Waals surface area contributed by atoms with E-state index in [2.05, 4.69) is 45.5 Å². The first-order valence-corrected chi connectivity index (χ1v) is 7.37. The van der Waals surface area contributed by atoms with Crippen molar-refractivity contribution in [3.63, 3.8) is 0 Å². The Balaban J connectivity index is 1.67. The first-order chi connectivity index (χ1) is 12.8. The van der Waals surface area contributed by atoms with Gasteiger partial charge in [-0.05, 0) is 59.8 Å². The third kappa shape index (κ3) is 6.58. The van der Waals surface area contributed by atoms with Crippen molar-refractivity contribution >= 4 is 11.9 Å². The minimum atomic E-state index is -0.481. The van der Waals surface area contributed by atoms with E-state index in [1.54, 1.807) is 24.3 Å². The summed E-state index contributed by atoms with van der Waals surface area (Å²) in [6.07, 6.45) is 6.00. The van der Waals surface area contributed by atoms with Crippen LogP contribution in [0.15, 0.2) is 49.1 Å². The molecule has 6 nitrogen and oxygen atoms in total. The van der Waals surface area contributed by atoms with Gasteiger partial charge in [-0.3, -0.25) is 9.97 Å². The first-order valence-electron chi connectivity index (χ1n) is 7.37. The standard InChI is InChI=1S/C20H12N2O4/c23-19(17-7-11-21-12-8-17)25-15-5-3-1-2-4-6-16-26-20(24)18-9-13-22-14-10-18/h7-14H,15-16H2. The number of pyridine rings is 2. The molecule has 26 heavy (non-hydrogen) atoms. The van der Waals surface area contributed by atoms with Gasteiger partial charge in [0.15, 0.2) is 13.2 Å². The van der Waals surface area contributed by atoms with Crippen molar-refractivity contribution in [2.75, 3.05) is 13.2 Å². The number of rotatable bonds is 4. The molecular formula is C20H12N2O4. The van der Waals surface area contributed by atoms with E-state index in [4.69, 9.17) is 9.47 Å². The quantitative estimate of drug-likeness (QED) is 0.618. The van der Waals surface area contributed by atoms with Crippen molar-refractivity contribution < 1.29 is 19.1 Å². The van der Waals surface area contributed by atoms with Crippen LogP contribution in [0.5, 0.6) is 0 Å². The lowest BCUT2D eigenvalue weighted by Crippen LogP contribution is -2.05. The molecule has 0 aromatic carbocycles. The Kier molecular flexibility index (Phi) is 7.48. The van der Waals surface area contributed by atoms with Crippen molar-refractivity contribution in [1.29, 1.82) is 0 Å². The van der Waals surface area contributed by atoms with Gasteiger partial charge in [0.1, 0.15) is 0 Å². The van der Waals surface area contributed by atoms with Gasteiger partial charge in [-0.25, -0.2) is 9.59 Å². The molecule has 2 rings (SSSR count). The molecule has 0 atom stereocenters. The first kappa shape index (κ1) is 18.3. The molecule has 0 aliphatic carbocycles. The predicted octanol–water partition coefficient (Wildman–Crippen LogP) is 1.50. The third-order valence-electron chi connectivity index (χ3n) is 2.75. The van der Waals surface area contributed by atoms with Gasteiger partial charge >= 0.3 is 11.9 Å². The molecule has 0 N–H and O–H groups in total. The molecule has 2 heterocycles. The fourth-order valence-electron chi connectivity index (χ4n) is 1.57. The maximum Gasteiger partial charge on any atom is 0.339 e. The largest absolute Gasteiger partial charge is 0.449 e. The highest BCUT2D eigenvalue weighted by atomic mass is 16.5. The van der Waals surface area contributed by atoms with E-state index in [0.29, 0.717) is 11.1 Å². The highest BCUT2D eigenvalue weighted by molar-refractivity contribution is 5.89. The van der Waals surface area contributed by atoms with Gasteiger partial charge in [-0.2, -0.15) is 0 Å². The summed E-state index contributed by atoms with van der Waals surface area (Å²) in [4.78, 5) is 30.8. The van der Waals surface area contributed by atoms with Crippen LogP contribution in [0.2, 0.25) is 0 Å². The fourth-order valence-corrected chi connectivity index (χ4v) is 1.57. The zero-order chi connectivity index (χ0) is 18.5. The minimum Gasteiger partial charge on any atom is -0.449 e. The summed E-state index contributed by atoms with van der Waals surface area (Å²) >= 11 is 0. The zero-order valence-corrected chi connectivity index (χ0v) is 13.6. The summed E-state index contributed by atoms with van der Waals surface area (Å²) in [7, 11) is 0. The lowest BCUT2D eigenvalue weighted by atomic mass is 10.3. The summed E-state index contributed by atoms with van der Waals surface area (Å²) in [6.45, 7) is -0.153. The molecule has 0 aliphatic heterocycles. The monoisotopic (exact) mass is 344 g/mol. The van der Waals surface area contributed by atoms with Crippen LogP contribution < -0.4 is 0 Å². The Bertz CT molecular complexity index is 860. The van der Waals surface area contributed by atoms with Crippen LogP contribution in [0.4, 0.5) is 0 Å². The van der Waals surface area contributed by atoms with Gasteiger partial charge < -0.3 is 9.47 Å². The summed E-state index contributed by atoms with van der Waals surface area (Å²) in [5.41, 5.74) is 0.806. The lowest BCUT2D eigenvalue weighted by molar-refractivity contribution is 0.0547. The molecule has 6 heteroatoms. The molecule has 0 amide bonds. The molecule has 2 aromatic heterocycles. The highest BCUT2D eigenvalue weighted by Gasteiger charge is 2.04. The van der Waals surface area contributed by atoms with Crippen molar-refractivity contribution in [2.45, 2.75) is 0 Å². The number of aromatic nitrogens is 2. The van der Waals surface area contributed by atoms with Crippen LogP contribution >= 0.6 is 0 Å². The topological polar surface area (TPSA) is 78.4 Å². The van der Waals surface area contributed by atoms with E-state index in [1.807, 2.05) is 0 Å². The normalized spacial score (nSPS) is 8.46. The Labute approximate surface area is 150 Å².